The molecule has 2 nitrogen and oxygen atoms in total. The van der Waals surface area contributed by atoms with Crippen molar-refractivity contribution in [1.82, 2.24) is 0 Å². The number of hydrogen-bond donors (Lipinski definition) is 2. The zero-order chi connectivity index (χ0) is 12.8. The molecule has 0 fully saturated rings. The summed E-state index contributed by atoms with van der Waals surface area (Å²) in [6, 6.07) is 6.46. The molecule has 4 heteroatoms. The van der Waals surface area contributed by atoms with E-state index in [1.165, 1.54) is 12.8 Å². The van der Waals surface area contributed by atoms with E-state index in [1.807, 2.05) is 18.2 Å². The zero-order valence-electron chi connectivity index (χ0n) is 10.3. The SMILES string of the molecule is CCCC(CC)Nc1ccc(C(N)=S)cc1Br. The summed E-state index contributed by atoms with van der Waals surface area (Å²) in [4.78, 5) is 0.429. The van der Waals surface area contributed by atoms with Crippen molar-refractivity contribution < 1.29 is 0 Å². The number of rotatable bonds is 6. The van der Waals surface area contributed by atoms with E-state index < -0.39 is 0 Å². The van der Waals surface area contributed by atoms with Gasteiger partial charge in [0.1, 0.15) is 4.99 Å². The van der Waals surface area contributed by atoms with Crippen LogP contribution in [0.1, 0.15) is 38.7 Å². The molecule has 0 bridgehead atoms. The first-order valence-corrected chi connectivity index (χ1v) is 7.14. The fourth-order valence-corrected chi connectivity index (χ4v) is 2.35. The third-order valence-electron chi connectivity index (χ3n) is 2.74. The molecule has 0 aliphatic rings. The van der Waals surface area contributed by atoms with Gasteiger partial charge >= 0.3 is 0 Å². The molecule has 0 aliphatic carbocycles. The molecule has 0 aliphatic heterocycles. The fourth-order valence-electron chi connectivity index (χ4n) is 1.73. The van der Waals surface area contributed by atoms with Crippen LogP contribution in [0.3, 0.4) is 0 Å². The average Bonchev–Trinajstić information content (AvgIpc) is 2.30. The summed E-state index contributed by atoms with van der Waals surface area (Å²) in [7, 11) is 0. The summed E-state index contributed by atoms with van der Waals surface area (Å²) >= 11 is 8.50. The highest BCUT2D eigenvalue weighted by molar-refractivity contribution is 9.10. The number of nitrogens with one attached hydrogen (secondary N) is 1. The predicted molar refractivity (Wildman–Crippen MR) is 82.6 cm³/mol. The highest BCUT2D eigenvalue weighted by atomic mass is 79.9. The Morgan fingerprint density at radius 1 is 1.47 bits per heavy atom. The van der Waals surface area contributed by atoms with Crippen molar-refractivity contribution in [3.8, 4) is 0 Å². The highest BCUT2D eigenvalue weighted by Gasteiger charge is 2.08. The highest BCUT2D eigenvalue weighted by Crippen LogP contribution is 2.25. The van der Waals surface area contributed by atoms with Crippen LogP contribution in [0.15, 0.2) is 22.7 Å². The average molecular weight is 315 g/mol. The van der Waals surface area contributed by atoms with Crippen molar-refractivity contribution in [2.45, 2.75) is 39.2 Å². The van der Waals surface area contributed by atoms with Gasteiger partial charge in [0.25, 0.3) is 0 Å². The Labute approximate surface area is 117 Å². The van der Waals surface area contributed by atoms with Crippen LogP contribution in [0.2, 0.25) is 0 Å². The lowest BCUT2D eigenvalue weighted by atomic mass is 10.1. The topological polar surface area (TPSA) is 38.0 Å². The summed E-state index contributed by atoms with van der Waals surface area (Å²) < 4.78 is 1.01. The van der Waals surface area contributed by atoms with E-state index in [0.29, 0.717) is 11.0 Å². The maximum atomic E-state index is 5.60. The van der Waals surface area contributed by atoms with E-state index in [1.54, 1.807) is 0 Å². The van der Waals surface area contributed by atoms with Gasteiger partial charge in [0.2, 0.25) is 0 Å². The quantitative estimate of drug-likeness (QED) is 0.777. The van der Waals surface area contributed by atoms with Gasteiger partial charge in [-0.15, -0.1) is 0 Å². The van der Waals surface area contributed by atoms with Crippen LogP contribution in [0.25, 0.3) is 0 Å². The van der Waals surface area contributed by atoms with Gasteiger partial charge in [0.15, 0.2) is 0 Å². The van der Waals surface area contributed by atoms with Crippen LogP contribution >= 0.6 is 28.1 Å². The number of thiocarbonyl (C=S) groups is 1. The molecule has 0 amide bonds. The molecule has 1 rings (SSSR count). The molecule has 1 aromatic carbocycles. The maximum Gasteiger partial charge on any atom is 0.104 e. The van der Waals surface area contributed by atoms with Crippen LogP contribution in [0, 0.1) is 0 Å². The number of hydrogen-bond acceptors (Lipinski definition) is 2. The summed E-state index contributed by atoms with van der Waals surface area (Å²) in [6.45, 7) is 4.40. The Balaban J connectivity index is 2.81. The molecule has 94 valence electrons. The third kappa shape index (κ3) is 4.28. The molecule has 0 heterocycles. The summed E-state index contributed by atoms with van der Waals surface area (Å²) in [6.07, 6.45) is 3.49. The van der Waals surface area contributed by atoms with Gasteiger partial charge in [-0.25, -0.2) is 0 Å². The van der Waals surface area contributed by atoms with Crippen molar-refractivity contribution in [1.29, 1.82) is 0 Å². The fraction of sp³-hybridized carbons (Fsp3) is 0.462. The molecule has 1 aromatic rings. The first-order chi connectivity index (χ1) is 8.08. The van der Waals surface area contributed by atoms with Crippen molar-refractivity contribution in [2.24, 2.45) is 5.73 Å². The zero-order valence-corrected chi connectivity index (χ0v) is 12.7. The second kappa shape index (κ2) is 6.97. The van der Waals surface area contributed by atoms with Crippen LogP contribution in [0.4, 0.5) is 5.69 Å². The van der Waals surface area contributed by atoms with Gasteiger partial charge < -0.3 is 11.1 Å². The summed E-state index contributed by atoms with van der Waals surface area (Å²) in [5.74, 6) is 0. The molecule has 0 saturated carbocycles. The number of anilines is 1. The van der Waals surface area contributed by atoms with Gasteiger partial charge in [-0.1, -0.05) is 32.5 Å². The number of benzene rings is 1. The van der Waals surface area contributed by atoms with E-state index in [9.17, 15) is 0 Å². The van der Waals surface area contributed by atoms with Crippen LogP contribution in [-0.2, 0) is 0 Å². The third-order valence-corrected chi connectivity index (χ3v) is 3.63. The minimum absolute atomic E-state index is 0.429. The molecule has 0 aromatic heterocycles. The smallest absolute Gasteiger partial charge is 0.104 e. The first kappa shape index (κ1) is 14.5. The Kier molecular flexibility index (Phi) is 5.92. The molecular weight excluding hydrogens is 296 g/mol. The maximum absolute atomic E-state index is 5.60. The number of nitrogens with two attached hydrogens (primary N) is 1. The lowest BCUT2D eigenvalue weighted by Crippen LogP contribution is -2.18. The van der Waals surface area contributed by atoms with E-state index >= 15 is 0 Å². The molecule has 0 spiro atoms. The van der Waals surface area contributed by atoms with Crippen LogP contribution in [-0.4, -0.2) is 11.0 Å². The molecule has 0 saturated heterocycles. The first-order valence-electron chi connectivity index (χ1n) is 5.94. The van der Waals surface area contributed by atoms with Gasteiger partial charge in [0, 0.05) is 21.8 Å². The van der Waals surface area contributed by atoms with Crippen molar-refractivity contribution >= 4 is 38.8 Å². The Morgan fingerprint density at radius 2 is 2.18 bits per heavy atom. The van der Waals surface area contributed by atoms with E-state index in [-0.39, 0.29) is 0 Å². The summed E-state index contributed by atoms with van der Waals surface area (Å²) in [5, 5.41) is 3.53. The van der Waals surface area contributed by atoms with Crippen LogP contribution in [0.5, 0.6) is 0 Å². The van der Waals surface area contributed by atoms with E-state index in [2.05, 4.69) is 35.1 Å². The minimum Gasteiger partial charge on any atom is -0.389 e. The predicted octanol–water partition coefficient (Wildman–Crippen LogP) is 4.07. The Hall–Kier alpha value is -0.610. The second-order valence-corrected chi connectivity index (χ2v) is 5.39. The van der Waals surface area contributed by atoms with Crippen molar-refractivity contribution in [3.63, 3.8) is 0 Å². The largest absolute Gasteiger partial charge is 0.389 e. The van der Waals surface area contributed by atoms with Gasteiger partial charge in [0.05, 0.1) is 0 Å². The standard InChI is InChI=1S/C13H19BrN2S/c1-3-5-10(4-2)16-12-7-6-9(13(15)17)8-11(12)14/h6-8,10,16H,3-5H2,1-2H3,(H2,15,17). The van der Waals surface area contributed by atoms with Gasteiger partial charge in [-0.3, -0.25) is 0 Å². The van der Waals surface area contributed by atoms with Crippen LogP contribution < -0.4 is 11.1 Å². The van der Waals surface area contributed by atoms with Crippen molar-refractivity contribution in [3.05, 3.63) is 28.2 Å². The molecule has 1 atom stereocenters. The Morgan fingerprint density at radius 3 is 2.65 bits per heavy atom. The lowest BCUT2D eigenvalue weighted by Gasteiger charge is -2.19. The summed E-state index contributed by atoms with van der Waals surface area (Å²) in [5.41, 5.74) is 7.59. The van der Waals surface area contributed by atoms with Gasteiger partial charge in [-0.2, -0.15) is 0 Å². The van der Waals surface area contributed by atoms with Gasteiger partial charge in [-0.05, 0) is 47.0 Å². The molecule has 0 radical (unpaired) electrons. The normalized spacial score (nSPS) is 12.2. The molecule has 1 unspecified atom stereocenters. The van der Waals surface area contributed by atoms with E-state index in [4.69, 9.17) is 18.0 Å². The number of halogens is 1. The Bertz CT molecular complexity index is 393. The minimum atomic E-state index is 0.429. The lowest BCUT2D eigenvalue weighted by molar-refractivity contribution is 0.622. The van der Waals surface area contributed by atoms with Crippen molar-refractivity contribution in [2.75, 3.05) is 5.32 Å². The second-order valence-electron chi connectivity index (χ2n) is 4.10. The molecular formula is C13H19BrN2S. The molecule has 3 N–H and O–H groups in total. The monoisotopic (exact) mass is 314 g/mol. The van der Waals surface area contributed by atoms with E-state index in [0.717, 1.165) is 22.1 Å². The molecule has 17 heavy (non-hydrogen) atoms.